The van der Waals surface area contributed by atoms with Crippen LogP contribution in [0.1, 0.15) is 52.0 Å². The SMILES string of the molecule is CC(C)(C)[Si](OC[C@@H]1[C@@H]2C=C3CCCC[C@@H]3[C@H](C(=O)O)[C@@H]2C(=O)N1C(=O)OCc1ccccc1)(c1ccccc1)c1ccccc1. The molecule has 1 heterocycles. The number of fused-ring (bicyclic) bond motifs is 2. The lowest BCUT2D eigenvalue weighted by atomic mass is 9.63. The van der Waals surface area contributed by atoms with Gasteiger partial charge in [-0.3, -0.25) is 9.59 Å². The van der Waals surface area contributed by atoms with Gasteiger partial charge in [0.05, 0.1) is 24.5 Å². The summed E-state index contributed by atoms with van der Waals surface area (Å²) >= 11 is 0. The van der Waals surface area contributed by atoms with Crippen molar-refractivity contribution in [3.8, 4) is 0 Å². The van der Waals surface area contributed by atoms with Crippen LogP contribution in [-0.4, -0.2) is 48.9 Å². The van der Waals surface area contributed by atoms with Gasteiger partial charge in [-0.15, -0.1) is 0 Å². The van der Waals surface area contributed by atoms with Crippen molar-refractivity contribution in [3.63, 3.8) is 0 Å². The van der Waals surface area contributed by atoms with Crippen molar-refractivity contribution in [2.24, 2.45) is 23.7 Å². The number of carboxylic acid groups (broad SMARTS) is 1. The van der Waals surface area contributed by atoms with Crippen molar-refractivity contribution < 1.29 is 28.7 Å². The normalized spacial score (nSPS) is 24.5. The lowest BCUT2D eigenvalue weighted by Crippen LogP contribution is -2.67. The zero-order chi connectivity index (χ0) is 32.5. The predicted octanol–water partition coefficient (Wildman–Crippen LogP) is 6.17. The Hall–Kier alpha value is -4.01. The topological polar surface area (TPSA) is 93.1 Å². The van der Waals surface area contributed by atoms with Gasteiger partial charge in [0.1, 0.15) is 6.61 Å². The monoisotopic (exact) mass is 637 g/mol. The third-order valence-electron chi connectivity index (χ3n) is 10.2. The van der Waals surface area contributed by atoms with Crippen LogP contribution in [0.4, 0.5) is 4.79 Å². The number of imide groups is 1. The van der Waals surface area contributed by atoms with Crippen molar-refractivity contribution in [1.82, 2.24) is 4.90 Å². The van der Waals surface area contributed by atoms with Crippen LogP contribution < -0.4 is 10.4 Å². The van der Waals surface area contributed by atoms with Crippen LogP contribution in [0.25, 0.3) is 0 Å². The van der Waals surface area contributed by atoms with Crippen molar-refractivity contribution in [1.29, 1.82) is 0 Å². The van der Waals surface area contributed by atoms with E-state index in [2.05, 4.69) is 51.1 Å². The third-order valence-corrected chi connectivity index (χ3v) is 15.2. The largest absolute Gasteiger partial charge is 0.481 e. The summed E-state index contributed by atoms with van der Waals surface area (Å²) in [7, 11) is -3.03. The molecule has 0 unspecified atom stereocenters. The fourth-order valence-corrected chi connectivity index (χ4v) is 12.8. The maximum absolute atomic E-state index is 14.3. The summed E-state index contributed by atoms with van der Waals surface area (Å²) in [6, 6.07) is 29.1. The number of carboxylic acids is 1. The highest BCUT2D eigenvalue weighted by atomic mass is 28.4. The lowest BCUT2D eigenvalue weighted by Gasteiger charge is -2.44. The molecule has 6 rings (SSSR count). The third kappa shape index (κ3) is 5.73. The number of carbonyl (C=O) groups excluding carboxylic acids is 2. The summed E-state index contributed by atoms with van der Waals surface area (Å²) in [6.07, 6.45) is 4.83. The summed E-state index contributed by atoms with van der Waals surface area (Å²) in [5, 5.41) is 12.4. The first-order valence-electron chi connectivity index (χ1n) is 16.4. The second-order valence-corrected chi connectivity index (χ2v) is 18.2. The maximum atomic E-state index is 14.3. The number of aliphatic carboxylic acids is 1. The zero-order valence-corrected chi connectivity index (χ0v) is 27.8. The number of hydrogen-bond acceptors (Lipinski definition) is 5. The first-order valence-corrected chi connectivity index (χ1v) is 18.3. The standard InChI is InChI=1S/C38H43NO6Si/c1-38(2,3)46(28-18-9-5-10-19-28,29-20-11-6-12-21-29)45-25-32-31-23-27-17-13-14-22-30(27)34(36(41)42)33(31)35(40)39(32)37(43)44-24-26-15-7-4-8-16-26/h4-12,15-16,18-21,23,30-34H,13-14,17,22,24-25H2,1-3H3,(H,41,42)/t30-,31-,32+,33+,34-/m0/s1. The Kier molecular flexibility index (Phi) is 9.03. The Labute approximate surface area is 272 Å². The average Bonchev–Trinajstić information content (AvgIpc) is 3.34. The highest BCUT2D eigenvalue weighted by Gasteiger charge is 2.60. The van der Waals surface area contributed by atoms with Gasteiger partial charge in [-0.1, -0.05) is 130 Å². The Balaban J connectivity index is 1.42. The van der Waals surface area contributed by atoms with Gasteiger partial charge in [-0.25, -0.2) is 9.69 Å². The molecule has 0 bridgehead atoms. The van der Waals surface area contributed by atoms with Crippen LogP contribution in [0, 0.1) is 23.7 Å². The fourth-order valence-electron chi connectivity index (χ4n) is 8.18. The molecule has 8 heteroatoms. The molecule has 2 aliphatic carbocycles. The van der Waals surface area contributed by atoms with E-state index < -0.39 is 50.1 Å². The summed E-state index contributed by atoms with van der Waals surface area (Å²) in [6.45, 7) is 6.63. The molecular weight excluding hydrogens is 595 g/mol. The molecule has 3 aromatic rings. The number of amides is 2. The van der Waals surface area contributed by atoms with Gasteiger partial charge in [0.15, 0.2) is 0 Å². The minimum absolute atomic E-state index is 0.00709. The molecule has 0 spiro atoms. The number of nitrogens with zero attached hydrogens (tertiary/aromatic N) is 1. The highest BCUT2D eigenvalue weighted by molar-refractivity contribution is 6.99. The van der Waals surface area contributed by atoms with Crippen LogP contribution in [0.3, 0.4) is 0 Å². The number of rotatable bonds is 8. The Morgan fingerprint density at radius 1 is 0.891 bits per heavy atom. The van der Waals surface area contributed by atoms with Crippen molar-refractivity contribution in [3.05, 3.63) is 108 Å². The zero-order valence-electron chi connectivity index (χ0n) is 26.8. The molecule has 1 saturated heterocycles. The molecule has 240 valence electrons. The second kappa shape index (κ2) is 13.0. The molecule has 0 aromatic heterocycles. The molecule has 1 saturated carbocycles. The van der Waals surface area contributed by atoms with E-state index in [1.54, 1.807) is 0 Å². The second-order valence-electron chi connectivity index (χ2n) is 13.9. The first-order chi connectivity index (χ1) is 22.1. The van der Waals surface area contributed by atoms with E-state index in [0.29, 0.717) is 0 Å². The van der Waals surface area contributed by atoms with Crippen LogP contribution in [0.5, 0.6) is 0 Å². The molecule has 7 nitrogen and oxygen atoms in total. The Bertz CT molecular complexity index is 1550. The van der Waals surface area contributed by atoms with E-state index in [9.17, 15) is 19.5 Å². The van der Waals surface area contributed by atoms with E-state index in [1.165, 1.54) is 4.90 Å². The van der Waals surface area contributed by atoms with Gasteiger partial charge < -0.3 is 14.3 Å². The van der Waals surface area contributed by atoms with Gasteiger partial charge in [0.25, 0.3) is 8.32 Å². The number of likely N-dealkylation sites (tertiary alicyclic amines) is 1. The van der Waals surface area contributed by atoms with Gasteiger partial charge in [-0.2, -0.15) is 0 Å². The molecular formula is C38H43NO6Si. The molecule has 0 radical (unpaired) electrons. The van der Waals surface area contributed by atoms with E-state index in [1.807, 2.05) is 66.7 Å². The molecule has 1 N–H and O–H groups in total. The minimum atomic E-state index is -3.03. The minimum Gasteiger partial charge on any atom is -0.481 e. The van der Waals surface area contributed by atoms with Crippen molar-refractivity contribution >= 4 is 36.7 Å². The Morgan fingerprint density at radius 2 is 1.48 bits per heavy atom. The average molecular weight is 638 g/mol. The summed E-state index contributed by atoms with van der Waals surface area (Å²) in [5.74, 6) is -3.89. The molecule has 1 aliphatic heterocycles. The number of ether oxygens (including phenoxy) is 1. The molecule has 3 aromatic carbocycles. The van der Waals surface area contributed by atoms with Crippen LogP contribution in [-0.2, 0) is 25.4 Å². The van der Waals surface area contributed by atoms with Crippen LogP contribution >= 0.6 is 0 Å². The number of hydrogen-bond donors (Lipinski definition) is 1. The number of carbonyl (C=O) groups is 3. The molecule has 2 fully saturated rings. The number of allylic oxidation sites excluding steroid dienone is 1. The van der Waals surface area contributed by atoms with Crippen LogP contribution in [0.15, 0.2) is 103 Å². The summed E-state index contributed by atoms with van der Waals surface area (Å²) in [4.78, 5) is 42.3. The quantitative estimate of drug-likeness (QED) is 0.235. The van der Waals surface area contributed by atoms with Gasteiger partial charge in [0, 0.05) is 5.92 Å². The van der Waals surface area contributed by atoms with Gasteiger partial charge in [-0.05, 0) is 46.2 Å². The summed E-state index contributed by atoms with van der Waals surface area (Å²) in [5.41, 5.74) is 1.90. The maximum Gasteiger partial charge on any atom is 0.417 e. The highest BCUT2D eigenvalue weighted by Crippen LogP contribution is 2.51. The fraction of sp³-hybridized carbons (Fsp3) is 0.395. The molecule has 2 amide bonds. The molecule has 5 atom stereocenters. The Morgan fingerprint density at radius 3 is 2.04 bits per heavy atom. The molecule has 3 aliphatic rings. The lowest BCUT2D eigenvalue weighted by molar-refractivity contribution is -0.150. The smallest absolute Gasteiger partial charge is 0.417 e. The van der Waals surface area contributed by atoms with E-state index in [0.717, 1.165) is 47.2 Å². The first kappa shape index (κ1) is 31.9. The van der Waals surface area contributed by atoms with E-state index in [4.69, 9.17) is 9.16 Å². The van der Waals surface area contributed by atoms with E-state index >= 15 is 0 Å². The number of benzene rings is 3. The van der Waals surface area contributed by atoms with Crippen molar-refractivity contribution in [2.75, 3.05) is 6.61 Å². The van der Waals surface area contributed by atoms with E-state index in [-0.39, 0.29) is 24.2 Å². The van der Waals surface area contributed by atoms with Gasteiger partial charge in [0.2, 0.25) is 5.91 Å². The summed E-state index contributed by atoms with van der Waals surface area (Å²) < 4.78 is 13.0. The van der Waals surface area contributed by atoms with Crippen LogP contribution in [0.2, 0.25) is 5.04 Å². The van der Waals surface area contributed by atoms with Gasteiger partial charge >= 0.3 is 12.1 Å². The predicted molar refractivity (Wildman–Crippen MR) is 179 cm³/mol. The molecule has 46 heavy (non-hydrogen) atoms. The van der Waals surface area contributed by atoms with Crippen molar-refractivity contribution in [2.45, 2.75) is 64.1 Å².